The van der Waals surface area contributed by atoms with Crippen molar-refractivity contribution in [3.8, 4) is 28.9 Å². The SMILES string of the molecule is COc1cc(OC)nc(-c2ccc(OC)c3nc(C)ccc23)n1. The van der Waals surface area contributed by atoms with Crippen molar-refractivity contribution in [1.82, 2.24) is 15.0 Å². The summed E-state index contributed by atoms with van der Waals surface area (Å²) < 4.78 is 15.9. The number of aromatic nitrogens is 3. The van der Waals surface area contributed by atoms with Gasteiger partial charge in [0, 0.05) is 16.6 Å². The second-order valence-corrected chi connectivity index (χ2v) is 4.94. The number of fused-ring (bicyclic) bond motifs is 1. The Morgan fingerprint density at radius 1 is 0.783 bits per heavy atom. The van der Waals surface area contributed by atoms with E-state index < -0.39 is 0 Å². The third-order valence-electron chi connectivity index (χ3n) is 3.52. The summed E-state index contributed by atoms with van der Waals surface area (Å²) >= 11 is 0. The number of hydrogen-bond donors (Lipinski definition) is 0. The molecule has 3 rings (SSSR count). The van der Waals surface area contributed by atoms with Crippen LogP contribution in [0, 0.1) is 6.92 Å². The second kappa shape index (κ2) is 6.08. The highest BCUT2D eigenvalue weighted by Gasteiger charge is 2.14. The number of methoxy groups -OCH3 is 3. The summed E-state index contributed by atoms with van der Waals surface area (Å²) in [5, 5.41) is 0.908. The molecule has 0 radical (unpaired) electrons. The third kappa shape index (κ3) is 2.75. The number of pyridine rings is 1. The summed E-state index contributed by atoms with van der Waals surface area (Å²) in [4.78, 5) is 13.4. The molecule has 0 amide bonds. The molecule has 6 nitrogen and oxygen atoms in total. The molecule has 0 fully saturated rings. The van der Waals surface area contributed by atoms with Crippen molar-refractivity contribution in [2.75, 3.05) is 21.3 Å². The number of rotatable bonds is 4. The fraction of sp³-hybridized carbons (Fsp3) is 0.235. The van der Waals surface area contributed by atoms with Crippen LogP contribution in [0.5, 0.6) is 17.5 Å². The first-order valence-electron chi connectivity index (χ1n) is 7.08. The van der Waals surface area contributed by atoms with Crippen LogP contribution in [-0.2, 0) is 0 Å². The summed E-state index contributed by atoms with van der Waals surface area (Å²) in [5.41, 5.74) is 2.53. The molecule has 0 aliphatic heterocycles. The van der Waals surface area contributed by atoms with Gasteiger partial charge >= 0.3 is 0 Å². The molecule has 3 aromatic rings. The largest absolute Gasteiger partial charge is 0.494 e. The van der Waals surface area contributed by atoms with Gasteiger partial charge in [-0.3, -0.25) is 0 Å². The van der Waals surface area contributed by atoms with E-state index in [1.807, 2.05) is 31.2 Å². The molecule has 6 heteroatoms. The van der Waals surface area contributed by atoms with Crippen molar-refractivity contribution in [2.24, 2.45) is 0 Å². The quantitative estimate of drug-likeness (QED) is 0.738. The van der Waals surface area contributed by atoms with Crippen LogP contribution in [0.15, 0.2) is 30.3 Å². The van der Waals surface area contributed by atoms with Gasteiger partial charge in [-0.15, -0.1) is 0 Å². The van der Waals surface area contributed by atoms with Crippen LogP contribution in [0.1, 0.15) is 5.69 Å². The van der Waals surface area contributed by atoms with Crippen LogP contribution in [0.25, 0.3) is 22.3 Å². The Morgan fingerprint density at radius 3 is 2.09 bits per heavy atom. The molecule has 0 aliphatic carbocycles. The second-order valence-electron chi connectivity index (χ2n) is 4.94. The lowest BCUT2D eigenvalue weighted by Crippen LogP contribution is -1.98. The lowest BCUT2D eigenvalue weighted by atomic mass is 10.1. The zero-order valence-electron chi connectivity index (χ0n) is 13.5. The lowest BCUT2D eigenvalue weighted by Gasteiger charge is -2.11. The van der Waals surface area contributed by atoms with Crippen molar-refractivity contribution in [1.29, 1.82) is 0 Å². The average Bonchev–Trinajstić information content (AvgIpc) is 2.60. The Balaban J connectivity index is 2.28. The minimum absolute atomic E-state index is 0.441. The molecule has 118 valence electrons. The molecule has 2 aromatic heterocycles. The monoisotopic (exact) mass is 311 g/mol. The summed E-state index contributed by atoms with van der Waals surface area (Å²) in [6.07, 6.45) is 0. The number of aryl methyl sites for hydroxylation is 1. The molecule has 0 saturated carbocycles. The lowest BCUT2D eigenvalue weighted by molar-refractivity contribution is 0.373. The summed E-state index contributed by atoms with van der Waals surface area (Å²) in [5.74, 6) is 2.11. The number of ether oxygens (including phenoxy) is 3. The van der Waals surface area contributed by atoms with E-state index in [0.29, 0.717) is 23.3 Å². The number of benzene rings is 1. The van der Waals surface area contributed by atoms with E-state index in [-0.39, 0.29) is 0 Å². The summed E-state index contributed by atoms with van der Waals surface area (Å²) in [7, 11) is 4.74. The van der Waals surface area contributed by atoms with Gasteiger partial charge in [-0.05, 0) is 25.1 Å². The Bertz CT molecular complexity index is 843. The maximum atomic E-state index is 5.41. The van der Waals surface area contributed by atoms with Gasteiger partial charge in [0.1, 0.15) is 11.3 Å². The van der Waals surface area contributed by atoms with E-state index in [1.54, 1.807) is 27.4 Å². The highest BCUT2D eigenvalue weighted by molar-refractivity contribution is 5.96. The average molecular weight is 311 g/mol. The van der Waals surface area contributed by atoms with Crippen LogP contribution in [-0.4, -0.2) is 36.3 Å². The maximum Gasteiger partial charge on any atom is 0.220 e. The van der Waals surface area contributed by atoms with Gasteiger partial charge in [-0.1, -0.05) is 6.07 Å². The molecular weight excluding hydrogens is 294 g/mol. The van der Waals surface area contributed by atoms with Crippen molar-refractivity contribution >= 4 is 10.9 Å². The minimum Gasteiger partial charge on any atom is -0.494 e. The highest BCUT2D eigenvalue weighted by Crippen LogP contribution is 2.33. The normalized spacial score (nSPS) is 10.6. The van der Waals surface area contributed by atoms with E-state index in [9.17, 15) is 0 Å². The molecular formula is C17H17N3O3. The van der Waals surface area contributed by atoms with Crippen molar-refractivity contribution in [2.45, 2.75) is 6.92 Å². The van der Waals surface area contributed by atoms with Crippen molar-refractivity contribution < 1.29 is 14.2 Å². The Hall–Kier alpha value is -2.89. The van der Waals surface area contributed by atoms with Crippen LogP contribution >= 0.6 is 0 Å². The smallest absolute Gasteiger partial charge is 0.220 e. The molecule has 0 spiro atoms. The first-order valence-corrected chi connectivity index (χ1v) is 7.08. The van der Waals surface area contributed by atoms with Crippen molar-refractivity contribution in [3.63, 3.8) is 0 Å². The van der Waals surface area contributed by atoms with Gasteiger partial charge in [0.05, 0.1) is 27.4 Å². The Kier molecular flexibility index (Phi) is 3.97. The molecule has 1 aromatic carbocycles. The number of nitrogens with zero attached hydrogens (tertiary/aromatic N) is 3. The highest BCUT2D eigenvalue weighted by atomic mass is 16.5. The maximum absolute atomic E-state index is 5.41. The van der Waals surface area contributed by atoms with E-state index in [2.05, 4.69) is 15.0 Å². The Labute approximate surface area is 134 Å². The molecule has 0 atom stereocenters. The first kappa shape index (κ1) is 15.0. The van der Waals surface area contributed by atoms with Crippen LogP contribution in [0.3, 0.4) is 0 Å². The molecule has 23 heavy (non-hydrogen) atoms. The minimum atomic E-state index is 0.441. The molecule has 0 unspecified atom stereocenters. The van der Waals surface area contributed by atoms with Gasteiger partial charge in [0.25, 0.3) is 0 Å². The van der Waals surface area contributed by atoms with Gasteiger partial charge in [-0.25, -0.2) is 4.98 Å². The predicted molar refractivity (Wildman–Crippen MR) is 87.2 cm³/mol. The zero-order chi connectivity index (χ0) is 16.4. The molecule has 0 bridgehead atoms. The summed E-state index contributed by atoms with van der Waals surface area (Å²) in [6.45, 7) is 1.94. The molecule has 0 N–H and O–H groups in total. The molecule has 2 heterocycles. The van der Waals surface area contributed by atoms with Gasteiger partial charge in [0.2, 0.25) is 11.8 Å². The van der Waals surface area contributed by atoms with Crippen molar-refractivity contribution in [3.05, 3.63) is 36.0 Å². The van der Waals surface area contributed by atoms with E-state index in [0.717, 1.165) is 22.2 Å². The van der Waals surface area contributed by atoms with Crippen LogP contribution < -0.4 is 14.2 Å². The zero-order valence-corrected chi connectivity index (χ0v) is 13.5. The van der Waals surface area contributed by atoms with Crippen LogP contribution in [0.2, 0.25) is 0 Å². The topological polar surface area (TPSA) is 66.4 Å². The molecule has 0 aliphatic rings. The molecule has 0 saturated heterocycles. The fourth-order valence-electron chi connectivity index (χ4n) is 2.38. The summed E-state index contributed by atoms with van der Waals surface area (Å²) in [6, 6.07) is 9.34. The van der Waals surface area contributed by atoms with E-state index in [4.69, 9.17) is 14.2 Å². The van der Waals surface area contributed by atoms with Gasteiger partial charge in [-0.2, -0.15) is 9.97 Å². The van der Waals surface area contributed by atoms with Gasteiger partial charge in [0.15, 0.2) is 5.82 Å². The number of hydrogen-bond acceptors (Lipinski definition) is 6. The van der Waals surface area contributed by atoms with Crippen LogP contribution in [0.4, 0.5) is 0 Å². The van der Waals surface area contributed by atoms with E-state index in [1.165, 1.54) is 0 Å². The fourth-order valence-corrected chi connectivity index (χ4v) is 2.38. The predicted octanol–water partition coefficient (Wildman–Crippen LogP) is 3.03. The Morgan fingerprint density at radius 2 is 1.48 bits per heavy atom. The van der Waals surface area contributed by atoms with E-state index >= 15 is 0 Å². The third-order valence-corrected chi connectivity index (χ3v) is 3.52. The van der Waals surface area contributed by atoms with Gasteiger partial charge < -0.3 is 14.2 Å². The first-order chi connectivity index (χ1) is 11.2. The standard InChI is InChI=1S/C17H17N3O3/c1-10-5-6-11-12(7-8-13(21-2)16(11)18-10)17-19-14(22-3)9-15(20-17)23-4/h5-9H,1-4H3.